The van der Waals surface area contributed by atoms with E-state index >= 15 is 0 Å². The van der Waals surface area contributed by atoms with Crippen LogP contribution in [0.4, 0.5) is 56.9 Å². The van der Waals surface area contributed by atoms with E-state index in [-0.39, 0.29) is 16.3 Å². The summed E-state index contributed by atoms with van der Waals surface area (Å²) in [7, 11) is -25.1. The molecule has 0 atom stereocenters. The van der Waals surface area contributed by atoms with Crippen molar-refractivity contribution in [3.05, 3.63) is 109 Å². The minimum absolute atomic E-state index is 0.137. The number of nitrogens with two attached hydrogens (primary N) is 3. The number of azo groups is 3. The predicted octanol–water partition coefficient (Wildman–Crippen LogP) is 7.48. The van der Waals surface area contributed by atoms with Crippen LogP contribution >= 0.6 is 0 Å². The average Bonchev–Trinajstić information content (AvgIpc) is 3.23. The molecule has 0 bridgehead atoms. The molecule has 0 heterocycles. The molecule has 68 heavy (non-hydrogen) atoms. The van der Waals surface area contributed by atoms with Crippen molar-refractivity contribution in [1.29, 1.82) is 0 Å². The van der Waals surface area contributed by atoms with E-state index in [0.717, 1.165) is 48.5 Å². The second-order valence-corrected chi connectivity index (χ2v) is 21.3. The molecule has 0 fully saturated rings. The van der Waals surface area contributed by atoms with Crippen LogP contribution in [0.25, 0.3) is 21.5 Å². The molecule has 0 aromatic heterocycles. The van der Waals surface area contributed by atoms with Crippen LogP contribution in [0.2, 0.25) is 0 Å². The number of anilines is 4. The summed E-state index contributed by atoms with van der Waals surface area (Å²) in [6.45, 7) is 0. The van der Waals surface area contributed by atoms with E-state index < -0.39 is 120 Å². The van der Waals surface area contributed by atoms with Crippen molar-refractivity contribution in [2.45, 2.75) is 24.5 Å². The Morgan fingerprint density at radius 1 is 0.471 bits per heavy atom. The lowest BCUT2D eigenvalue weighted by atomic mass is 10.1. The maximum atomic E-state index is 13.2. The molecule has 7 aromatic rings. The molecule has 0 amide bonds. The second kappa shape index (κ2) is 17.6. The Bertz CT molecular complexity index is 3930. The van der Waals surface area contributed by atoms with Crippen LogP contribution in [0.5, 0.6) is 5.75 Å². The number of phenols is 1. The molecule has 25 nitrogen and oxygen atoms in total. The molecule has 12 N–H and O–H groups in total. The molecule has 352 valence electrons. The highest BCUT2D eigenvalue weighted by molar-refractivity contribution is 7.92. The second-order valence-electron chi connectivity index (χ2n) is 14.1. The number of nitrogens with zero attached hydrogens (tertiary/aromatic N) is 6. The summed E-state index contributed by atoms with van der Waals surface area (Å²) in [6, 6.07) is 20.7. The van der Waals surface area contributed by atoms with Gasteiger partial charge in [-0.15, -0.1) is 15.3 Å². The average molecular weight is 1030 g/mol. The Hall–Kier alpha value is -7.55. The van der Waals surface area contributed by atoms with E-state index in [4.69, 9.17) is 17.2 Å². The Kier molecular flexibility index (Phi) is 12.5. The highest BCUT2D eigenvalue weighted by Crippen LogP contribution is 2.48. The number of benzene rings is 7. The lowest BCUT2D eigenvalue weighted by Crippen LogP contribution is -2.12. The topological polar surface area (TPSA) is 436 Å². The van der Waals surface area contributed by atoms with Gasteiger partial charge in [-0.3, -0.25) is 22.9 Å². The molecule has 0 aliphatic carbocycles. The van der Waals surface area contributed by atoms with E-state index in [1.165, 1.54) is 30.3 Å². The summed E-state index contributed by atoms with van der Waals surface area (Å²) in [4.78, 5) is -4.37. The normalized spacial score (nSPS) is 13.1. The third kappa shape index (κ3) is 10.2. The van der Waals surface area contributed by atoms with Crippen molar-refractivity contribution < 1.29 is 65.4 Å². The smallest absolute Gasteiger partial charge is 0.296 e. The van der Waals surface area contributed by atoms with Gasteiger partial charge in [0.2, 0.25) is 0 Å². The van der Waals surface area contributed by atoms with Crippen LogP contribution in [-0.2, 0) is 50.5 Å². The third-order valence-electron chi connectivity index (χ3n) is 9.45. The molecule has 0 aliphatic heterocycles. The van der Waals surface area contributed by atoms with E-state index in [1.54, 1.807) is 12.1 Å². The van der Waals surface area contributed by atoms with Crippen molar-refractivity contribution >= 4 is 129 Å². The van der Waals surface area contributed by atoms with Crippen LogP contribution < -0.4 is 21.9 Å². The summed E-state index contributed by atoms with van der Waals surface area (Å²) in [5.74, 6) is -1.17. The van der Waals surface area contributed by atoms with Crippen LogP contribution in [0.1, 0.15) is 0 Å². The van der Waals surface area contributed by atoms with Gasteiger partial charge in [-0.1, -0.05) is 12.1 Å². The molecule has 7 rings (SSSR count). The van der Waals surface area contributed by atoms with Gasteiger partial charge in [0.15, 0.2) is 5.75 Å². The number of nitrogen functional groups attached to an aromatic ring is 3. The van der Waals surface area contributed by atoms with Crippen molar-refractivity contribution in [2.24, 2.45) is 30.7 Å². The molecule has 0 saturated heterocycles. The van der Waals surface area contributed by atoms with Gasteiger partial charge in [-0.2, -0.15) is 49.0 Å². The lowest BCUT2D eigenvalue weighted by Gasteiger charge is -2.14. The third-order valence-corrected chi connectivity index (χ3v) is 14.4. The number of phenolic OH excluding ortho intramolecular Hbond substituents is 1. The molecule has 7 aromatic carbocycles. The molecule has 0 aliphatic rings. The number of rotatable bonds is 13. The van der Waals surface area contributed by atoms with E-state index in [0.29, 0.717) is 40.9 Å². The number of hydrogen-bond donors (Lipinski definition) is 9. The van der Waals surface area contributed by atoms with Crippen LogP contribution in [-0.4, -0.2) is 65.4 Å². The molecule has 30 heteroatoms. The number of aromatic hydroxyl groups is 1. The van der Waals surface area contributed by atoms with Crippen molar-refractivity contribution in [1.82, 2.24) is 0 Å². The first-order chi connectivity index (χ1) is 31.6. The molecular weight excluding hydrogens is 997 g/mol. The summed E-state index contributed by atoms with van der Waals surface area (Å²) < 4.78 is 168. The Balaban J connectivity index is 1.23. The zero-order valence-corrected chi connectivity index (χ0v) is 37.7. The monoisotopic (exact) mass is 1030 g/mol. The van der Waals surface area contributed by atoms with Crippen LogP contribution in [0.15, 0.2) is 164 Å². The first-order valence-electron chi connectivity index (χ1n) is 18.3. The Morgan fingerprint density at radius 3 is 1.57 bits per heavy atom. The maximum Gasteiger partial charge on any atom is 0.296 e. The summed E-state index contributed by atoms with van der Waals surface area (Å²) in [6.07, 6.45) is 0. The lowest BCUT2D eigenvalue weighted by molar-refractivity contribution is 0.472. The molecule has 0 radical (unpaired) electrons. The number of hydrogen-bond acceptors (Lipinski definition) is 20. The highest BCUT2D eigenvalue weighted by atomic mass is 32.2. The fourth-order valence-electron chi connectivity index (χ4n) is 6.40. The van der Waals surface area contributed by atoms with Crippen molar-refractivity contribution in [2.75, 3.05) is 21.9 Å². The van der Waals surface area contributed by atoms with Crippen LogP contribution in [0, 0.1) is 0 Å². The molecule has 0 saturated carbocycles. The van der Waals surface area contributed by atoms with Crippen LogP contribution in [0.3, 0.4) is 0 Å². The van der Waals surface area contributed by atoms with Gasteiger partial charge in [-0.05, 0) is 102 Å². The maximum absolute atomic E-state index is 13.2. The molecule has 0 spiro atoms. The predicted molar refractivity (Wildman–Crippen MR) is 245 cm³/mol. The number of nitrogens with one attached hydrogen (secondary N) is 1. The largest absolute Gasteiger partial charge is 0.505 e. The first kappa shape index (κ1) is 48.4. The van der Waals surface area contributed by atoms with Gasteiger partial charge in [0.05, 0.1) is 38.7 Å². The molecule has 0 unspecified atom stereocenters. The summed E-state index contributed by atoms with van der Waals surface area (Å²) >= 11 is 0. The van der Waals surface area contributed by atoms with E-state index in [9.17, 15) is 65.4 Å². The number of fused-ring (bicyclic) bond motifs is 2. The van der Waals surface area contributed by atoms with E-state index in [1.807, 2.05) is 0 Å². The standard InChI is InChI=1S/C38H30N10O15S5/c39-20-4-13-29(28(40)16-20)45-42-21-5-7-23(8-6-21)48-64(50,51)25-11-9-22(10-12-25)43-47-37-33(68(61,62)63)15-19-14-32(67(58,59)60)36(35(41)34(19)38(37)49)46-44-24-17-27-26(31(18-24)66(55,56)57)2-1-3-30(27)65(52,53)54/h1-18,48-49H,39-41H2,(H,52,53,54)(H,55,56,57)(H,58,59,60)(H,61,62,63). The van der Waals surface area contributed by atoms with Gasteiger partial charge in [0.1, 0.15) is 36.6 Å². The minimum atomic E-state index is -5.39. The van der Waals surface area contributed by atoms with Gasteiger partial charge in [-0.25, -0.2) is 8.42 Å². The molecular formula is C38H30N10O15S5. The van der Waals surface area contributed by atoms with Gasteiger partial charge < -0.3 is 22.3 Å². The summed E-state index contributed by atoms with van der Waals surface area (Å²) in [5.41, 5.74) is 15.9. The SMILES string of the molecule is Nc1ccc(N=Nc2ccc(NS(=O)(=O)c3ccc(N=Nc4c(S(=O)(=O)O)cc5cc(S(=O)(=O)O)c(N=Nc6cc(S(=O)(=O)O)c7cccc(S(=O)(=O)O)c7c6)c(N)c5c4O)cc3)cc2)c(N)c1. The first-order valence-corrected chi connectivity index (χ1v) is 25.6. The summed E-state index contributed by atoms with van der Waals surface area (Å²) in [5, 5.41) is 32.5. The van der Waals surface area contributed by atoms with E-state index in [2.05, 4.69) is 35.4 Å². The number of sulfonamides is 1. The van der Waals surface area contributed by atoms with Gasteiger partial charge in [0.25, 0.3) is 50.5 Å². The fraction of sp³-hybridized carbons (Fsp3) is 0. The van der Waals surface area contributed by atoms with Crippen molar-refractivity contribution in [3.63, 3.8) is 0 Å². The fourth-order valence-corrected chi connectivity index (χ4v) is 10.2. The van der Waals surface area contributed by atoms with Gasteiger partial charge >= 0.3 is 0 Å². The van der Waals surface area contributed by atoms with Crippen molar-refractivity contribution in [3.8, 4) is 5.75 Å². The quantitative estimate of drug-likeness (QED) is 0.0307. The minimum Gasteiger partial charge on any atom is -0.505 e. The Labute approximate surface area is 384 Å². The Morgan fingerprint density at radius 2 is 1.00 bits per heavy atom. The van der Waals surface area contributed by atoms with Gasteiger partial charge in [0, 0.05) is 22.1 Å². The zero-order chi connectivity index (χ0) is 49.7. The zero-order valence-electron chi connectivity index (χ0n) is 33.7. The highest BCUT2D eigenvalue weighted by Gasteiger charge is 2.29.